The van der Waals surface area contributed by atoms with Crippen LogP contribution in [0.3, 0.4) is 0 Å². The second-order valence-corrected chi connectivity index (χ2v) is 8.16. The molecule has 1 aliphatic heterocycles. The SMILES string of the molecule is CCCCCCNC1CN(C)C(=O)N1c1nnc(C(C)(C)C)s1. The number of anilines is 1. The van der Waals surface area contributed by atoms with Crippen LogP contribution in [-0.4, -0.2) is 47.4 Å². The van der Waals surface area contributed by atoms with E-state index in [0.29, 0.717) is 11.7 Å². The number of likely N-dealkylation sites (N-methyl/N-ethyl adjacent to an activating group) is 1. The standard InChI is InChI=1S/C16H29N5OS/c1-6-7-8-9-10-17-12-11-20(5)15(22)21(12)14-19-18-13(23-14)16(2,3)4/h12,17H,6-11H2,1-5H3. The van der Waals surface area contributed by atoms with Crippen molar-refractivity contribution in [2.45, 2.75) is 65.0 Å². The van der Waals surface area contributed by atoms with Gasteiger partial charge in [0.05, 0.1) is 6.54 Å². The van der Waals surface area contributed by atoms with Crippen LogP contribution in [0.5, 0.6) is 0 Å². The molecule has 0 bridgehead atoms. The summed E-state index contributed by atoms with van der Waals surface area (Å²) in [5, 5.41) is 13.7. The Morgan fingerprint density at radius 3 is 2.61 bits per heavy atom. The Labute approximate surface area is 143 Å². The highest BCUT2D eigenvalue weighted by atomic mass is 32.1. The van der Waals surface area contributed by atoms with Gasteiger partial charge in [0.1, 0.15) is 11.2 Å². The van der Waals surface area contributed by atoms with E-state index in [1.165, 1.54) is 30.6 Å². The molecule has 23 heavy (non-hydrogen) atoms. The average molecular weight is 340 g/mol. The molecular weight excluding hydrogens is 310 g/mol. The molecule has 0 aromatic carbocycles. The minimum absolute atomic E-state index is 0.00679. The molecule has 0 aliphatic carbocycles. The van der Waals surface area contributed by atoms with E-state index in [1.54, 1.807) is 9.80 Å². The molecule has 130 valence electrons. The molecule has 1 atom stereocenters. The van der Waals surface area contributed by atoms with Gasteiger partial charge in [-0.1, -0.05) is 58.3 Å². The van der Waals surface area contributed by atoms with Crippen molar-refractivity contribution in [3.63, 3.8) is 0 Å². The maximum Gasteiger partial charge on any atom is 0.327 e. The van der Waals surface area contributed by atoms with Crippen LogP contribution in [0.15, 0.2) is 0 Å². The highest BCUT2D eigenvalue weighted by Crippen LogP contribution is 2.32. The van der Waals surface area contributed by atoms with Gasteiger partial charge < -0.3 is 4.90 Å². The molecule has 7 heteroatoms. The molecule has 0 spiro atoms. The minimum Gasteiger partial charge on any atom is -0.324 e. The number of nitrogens with zero attached hydrogens (tertiary/aromatic N) is 4. The zero-order chi connectivity index (χ0) is 17.0. The van der Waals surface area contributed by atoms with Crippen LogP contribution in [0.25, 0.3) is 0 Å². The van der Waals surface area contributed by atoms with Gasteiger partial charge in [-0.05, 0) is 13.0 Å². The molecule has 0 saturated carbocycles. The molecule has 1 N–H and O–H groups in total. The number of nitrogens with one attached hydrogen (secondary N) is 1. The molecule has 0 radical (unpaired) electrons. The Morgan fingerprint density at radius 2 is 2.00 bits per heavy atom. The fraction of sp³-hybridized carbons (Fsp3) is 0.812. The van der Waals surface area contributed by atoms with E-state index in [4.69, 9.17) is 0 Å². The number of hydrogen-bond acceptors (Lipinski definition) is 5. The molecule has 1 aromatic rings. The molecule has 1 unspecified atom stereocenters. The predicted octanol–water partition coefficient (Wildman–Crippen LogP) is 3.20. The van der Waals surface area contributed by atoms with Crippen LogP contribution >= 0.6 is 11.3 Å². The van der Waals surface area contributed by atoms with E-state index in [0.717, 1.165) is 18.0 Å². The van der Waals surface area contributed by atoms with Gasteiger partial charge in [-0.2, -0.15) is 0 Å². The van der Waals surface area contributed by atoms with Gasteiger partial charge in [-0.25, -0.2) is 4.79 Å². The number of unbranched alkanes of at least 4 members (excludes halogenated alkanes) is 3. The lowest BCUT2D eigenvalue weighted by atomic mass is 9.98. The lowest BCUT2D eigenvalue weighted by Crippen LogP contribution is -2.44. The first-order valence-corrected chi connectivity index (χ1v) is 9.28. The predicted molar refractivity (Wildman–Crippen MR) is 95.0 cm³/mol. The highest BCUT2D eigenvalue weighted by molar-refractivity contribution is 7.15. The quantitative estimate of drug-likeness (QED) is 0.775. The topological polar surface area (TPSA) is 61.4 Å². The normalized spacial score (nSPS) is 19.0. The van der Waals surface area contributed by atoms with Gasteiger partial charge in [-0.3, -0.25) is 10.2 Å². The number of carbonyl (C=O) groups is 1. The van der Waals surface area contributed by atoms with Gasteiger partial charge >= 0.3 is 6.03 Å². The van der Waals surface area contributed by atoms with E-state index in [1.807, 2.05) is 7.05 Å². The molecule has 2 amide bonds. The summed E-state index contributed by atoms with van der Waals surface area (Å²) in [5.74, 6) is 0. The van der Waals surface area contributed by atoms with Gasteiger partial charge in [0, 0.05) is 12.5 Å². The Bertz CT molecular complexity index is 525. The number of carbonyl (C=O) groups excluding carboxylic acids is 1. The van der Waals surface area contributed by atoms with Crippen LogP contribution in [0.1, 0.15) is 58.4 Å². The third kappa shape index (κ3) is 4.41. The lowest BCUT2D eigenvalue weighted by Gasteiger charge is -2.21. The number of hydrogen-bond donors (Lipinski definition) is 1. The summed E-state index contributed by atoms with van der Waals surface area (Å²) >= 11 is 1.51. The van der Waals surface area contributed by atoms with Crippen LogP contribution < -0.4 is 10.2 Å². The second kappa shape index (κ2) is 7.57. The summed E-state index contributed by atoms with van der Waals surface area (Å²) in [4.78, 5) is 16.0. The molecule has 1 aliphatic rings. The van der Waals surface area contributed by atoms with Crippen LogP contribution in [-0.2, 0) is 5.41 Å². The molecule has 2 rings (SSSR count). The number of rotatable bonds is 7. The van der Waals surface area contributed by atoms with Gasteiger partial charge in [0.25, 0.3) is 0 Å². The van der Waals surface area contributed by atoms with Crippen molar-refractivity contribution >= 4 is 22.5 Å². The molecule has 2 heterocycles. The molecule has 6 nitrogen and oxygen atoms in total. The third-order valence-corrected chi connectivity index (χ3v) is 5.31. The first kappa shape index (κ1) is 18.1. The first-order chi connectivity index (χ1) is 10.8. The Hall–Kier alpha value is -1.21. The van der Waals surface area contributed by atoms with Crippen LogP contribution in [0.4, 0.5) is 9.93 Å². The number of amides is 2. The summed E-state index contributed by atoms with van der Waals surface area (Å²) in [6.45, 7) is 10.1. The fourth-order valence-electron chi connectivity index (χ4n) is 2.54. The van der Waals surface area contributed by atoms with Gasteiger partial charge in [0.15, 0.2) is 0 Å². The van der Waals surface area contributed by atoms with E-state index < -0.39 is 0 Å². The smallest absolute Gasteiger partial charge is 0.324 e. The van der Waals surface area contributed by atoms with Crippen LogP contribution in [0.2, 0.25) is 0 Å². The third-order valence-electron chi connectivity index (χ3n) is 3.96. The second-order valence-electron chi connectivity index (χ2n) is 7.20. The van der Waals surface area contributed by atoms with Crippen molar-refractivity contribution < 1.29 is 4.79 Å². The summed E-state index contributed by atoms with van der Waals surface area (Å²) in [6, 6.07) is -0.00679. The summed E-state index contributed by atoms with van der Waals surface area (Å²) in [5.41, 5.74) is -0.0479. The Morgan fingerprint density at radius 1 is 1.26 bits per heavy atom. The van der Waals surface area contributed by atoms with E-state index in [-0.39, 0.29) is 17.6 Å². The summed E-state index contributed by atoms with van der Waals surface area (Å²) in [6.07, 6.45) is 4.85. The van der Waals surface area contributed by atoms with Crippen molar-refractivity contribution in [3.05, 3.63) is 5.01 Å². The van der Waals surface area contributed by atoms with Crippen LogP contribution in [0, 0.1) is 0 Å². The zero-order valence-electron chi connectivity index (χ0n) is 14.9. The summed E-state index contributed by atoms with van der Waals surface area (Å²) in [7, 11) is 1.83. The number of urea groups is 1. The Kier molecular flexibility index (Phi) is 5.97. The maximum absolute atomic E-state index is 12.5. The Balaban J connectivity index is 2.04. The molecule has 1 fully saturated rings. The van der Waals surface area contributed by atoms with E-state index in [2.05, 4.69) is 43.2 Å². The van der Waals surface area contributed by atoms with Crippen molar-refractivity contribution in [1.82, 2.24) is 20.4 Å². The monoisotopic (exact) mass is 339 g/mol. The van der Waals surface area contributed by atoms with Crippen molar-refractivity contribution in [1.29, 1.82) is 0 Å². The maximum atomic E-state index is 12.5. The molecule has 1 aromatic heterocycles. The highest BCUT2D eigenvalue weighted by Gasteiger charge is 2.38. The molecular formula is C16H29N5OS. The van der Waals surface area contributed by atoms with E-state index >= 15 is 0 Å². The lowest BCUT2D eigenvalue weighted by molar-refractivity contribution is 0.229. The first-order valence-electron chi connectivity index (χ1n) is 8.46. The minimum atomic E-state index is -0.0479. The van der Waals surface area contributed by atoms with E-state index in [9.17, 15) is 4.79 Å². The molecule has 1 saturated heterocycles. The zero-order valence-corrected chi connectivity index (χ0v) is 15.7. The number of aromatic nitrogens is 2. The fourth-order valence-corrected chi connectivity index (χ4v) is 3.49. The summed E-state index contributed by atoms with van der Waals surface area (Å²) < 4.78 is 0. The van der Waals surface area contributed by atoms with Crippen molar-refractivity contribution in [3.8, 4) is 0 Å². The van der Waals surface area contributed by atoms with Gasteiger partial charge in [0.2, 0.25) is 5.13 Å². The van der Waals surface area contributed by atoms with Crippen molar-refractivity contribution in [2.24, 2.45) is 0 Å². The largest absolute Gasteiger partial charge is 0.327 e. The van der Waals surface area contributed by atoms with Gasteiger partial charge in [-0.15, -0.1) is 10.2 Å². The van der Waals surface area contributed by atoms with Crippen molar-refractivity contribution in [2.75, 3.05) is 25.0 Å². The average Bonchev–Trinajstić information content (AvgIpc) is 3.05.